The number of alkyl halides is 3. The first-order valence-electron chi connectivity index (χ1n) is 7.58. The first-order chi connectivity index (χ1) is 12.6. The Hall–Kier alpha value is -3.12. The van der Waals surface area contributed by atoms with Crippen molar-refractivity contribution >= 4 is 9.84 Å². The molecule has 27 heavy (non-hydrogen) atoms. The molecule has 0 amide bonds. The van der Waals surface area contributed by atoms with Crippen LogP contribution in [0.1, 0.15) is 11.4 Å². The summed E-state index contributed by atoms with van der Waals surface area (Å²) < 4.78 is 62.6. The summed E-state index contributed by atoms with van der Waals surface area (Å²) >= 11 is 0. The number of nitriles is 1. The summed E-state index contributed by atoms with van der Waals surface area (Å²) in [6.45, 7) is 0. The van der Waals surface area contributed by atoms with Crippen LogP contribution in [0.5, 0.6) is 0 Å². The maximum atomic E-state index is 13.2. The van der Waals surface area contributed by atoms with Crippen molar-refractivity contribution in [2.24, 2.45) is 0 Å². The SMILES string of the molecule is CS(=O)(=O)c1ccc(-c2nc(C(F)(F)F)[nH]c2-c2cccc(C#N)c2)cc1. The summed E-state index contributed by atoms with van der Waals surface area (Å²) in [6, 6.07) is 13.4. The zero-order valence-electron chi connectivity index (χ0n) is 13.9. The van der Waals surface area contributed by atoms with Crippen LogP contribution in [-0.2, 0) is 16.0 Å². The lowest BCUT2D eigenvalue weighted by atomic mass is 10.0. The van der Waals surface area contributed by atoms with E-state index in [2.05, 4.69) is 9.97 Å². The number of sulfone groups is 1. The lowest BCUT2D eigenvalue weighted by Crippen LogP contribution is -2.07. The number of nitrogens with one attached hydrogen (secondary N) is 1. The highest BCUT2D eigenvalue weighted by Gasteiger charge is 2.36. The summed E-state index contributed by atoms with van der Waals surface area (Å²) in [7, 11) is -3.44. The van der Waals surface area contributed by atoms with Crippen LogP contribution in [0.25, 0.3) is 22.5 Å². The zero-order valence-corrected chi connectivity index (χ0v) is 14.7. The van der Waals surface area contributed by atoms with Crippen LogP contribution >= 0.6 is 0 Å². The van der Waals surface area contributed by atoms with Crippen molar-refractivity contribution in [3.63, 3.8) is 0 Å². The lowest BCUT2D eigenvalue weighted by Gasteiger charge is -2.05. The standard InChI is InChI=1S/C18H12F3N3O2S/c1-27(25,26)14-7-5-12(6-8-14)15-16(24-17(23-15)18(19,20)21)13-4-2-3-11(9-13)10-22/h2-9H,1H3,(H,23,24). The highest BCUT2D eigenvalue weighted by Crippen LogP contribution is 2.36. The van der Waals surface area contributed by atoms with E-state index in [0.29, 0.717) is 11.1 Å². The van der Waals surface area contributed by atoms with Crippen LogP contribution in [0.4, 0.5) is 13.2 Å². The van der Waals surface area contributed by atoms with E-state index in [0.717, 1.165) is 6.26 Å². The quantitative estimate of drug-likeness (QED) is 0.730. The molecular weight excluding hydrogens is 379 g/mol. The van der Waals surface area contributed by atoms with Gasteiger partial charge in [0.25, 0.3) is 0 Å². The Labute approximate surface area is 153 Å². The van der Waals surface area contributed by atoms with E-state index in [1.165, 1.54) is 36.4 Å². The second-order valence-corrected chi connectivity index (χ2v) is 7.81. The first-order valence-corrected chi connectivity index (χ1v) is 9.47. The Morgan fingerprint density at radius 1 is 1.07 bits per heavy atom. The summed E-state index contributed by atoms with van der Waals surface area (Å²) in [5, 5.41) is 9.02. The Bertz CT molecular complexity index is 1140. The molecule has 1 N–H and O–H groups in total. The third-order valence-corrected chi connectivity index (χ3v) is 4.94. The van der Waals surface area contributed by atoms with E-state index in [-0.39, 0.29) is 21.8 Å². The normalized spacial score (nSPS) is 12.0. The fourth-order valence-electron chi connectivity index (χ4n) is 2.53. The van der Waals surface area contributed by atoms with Gasteiger partial charge < -0.3 is 4.98 Å². The summed E-state index contributed by atoms with van der Waals surface area (Å²) in [5.74, 6) is -1.18. The molecule has 3 rings (SSSR count). The average Bonchev–Trinajstić information content (AvgIpc) is 3.07. The molecule has 2 aromatic carbocycles. The first kappa shape index (κ1) is 18.7. The third-order valence-electron chi connectivity index (χ3n) is 3.81. The molecule has 0 saturated carbocycles. The van der Waals surface area contributed by atoms with Crippen molar-refractivity contribution in [3.05, 3.63) is 59.9 Å². The molecule has 0 fully saturated rings. The second kappa shape index (κ2) is 6.55. The van der Waals surface area contributed by atoms with Crippen molar-refractivity contribution < 1.29 is 21.6 Å². The number of benzene rings is 2. The van der Waals surface area contributed by atoms with Gasteiger partial charge in [-0.2, -0.15) is 18.4 Å². The van der Waals surface area contributed by atoms with Crippen molar-refractivity contribution in [2.75, 3.05) is 6.26 Å². The van der Waals surface area contributed by atoms with Crippen LogP contribution in [0.2, 0.25) is 0 Å². The summed E-state index contributed by atoms with van der Waals surface area (Å²) in [5.41, 5.74) is 1.06. The molecule has 0 unspecified atom stereocenters. The molecule has 5 nitrogen and oxygen atoms in total. The number of H-pyrrole nitrogens is 1. The van der Waals surface area contributed by atoms with E-state index < -0.39 is 21.8 Å². The van der Waals surface area contributed by atoms with E-state index in [9.17, 15) is 21.6 Å². The minimum absolute atomic E-state index is 0.0115. The van der Waals surface area contributed by atoms with Crippen LogP contribution < -0.4 is 0 Å². The van der Waals surface area contributed by atoms with Crippen LogP contribution in [0.3, 0.4) is 0 Å². The molecule has 138 valence electrons. The predicted octanol–water partition coefficient (Wildman–Crippen LogP) is 4.04. The lowest BCUT2D eigenvalue weighted by molar-refractivity contribution is -0.144. The Morgan fingerprint density at radius 2 is 1.74 bits per heavy atom. The van der Waals surface area contributed by atoms with E-state index >= 15 is 0 Å². The highest BCUT2D eigenvalue weighted by molar-refractivity contribution is 7.90. The second-order valence-electron chi connectivity index (χ2n) is 5.80. The maximum Gasteiger partial charge on any atom is 0.449 e. The molecule has 0 aliphatic carbocycles. The minimum atomic E-state index is -4.69. The molecule has 0 atom stereocenters. The molecule has 0 radical (unpaired) electrons. The Morgan fingerprint density at radius 3 is 2.30 bits per heavy atom. The number of hydrogen-bond donors (Lipinski definition) is 1. The molecule has 0 bridgehead atoms. The highest BCUT2D eigenvalue weighted by atomic mass is 32.2. The van der Waals surface area contributed by atoms with Crippen LogP contribution in [0.15, 0.2) is 53.4 Å². The van der Waals surface area contributed by atoms with E-state index in [1.807, 2.05) is 6.07 Å². The molecule has 3 aromatic rings. The van der Waals surface area contributed by atoms with Gasteiger partial charge in [0.2, 0.25) is 5.82 Å². The summed E-state index contributed by atoms with van der Waals surface area (Å²) in [4.78, 5) is 5.98. The minimum Gasteiger partial charge on any atom is -0.334 e. The van der Waals surface area contributed by atoms with Crippen molar-refractivity contribution in [3.8, 4) is 28.6 Å². The van der Waals surface area contributed by atoms with Gasteiger partial charge in [0.15, 0.2) is 9.84 Å². The van der Waals surface area contributed by atoms with Crippen molar-refractivity contribution in [1.29, 1.82) is 5.26 Å². The monoisotopic (exact) mass is 391 g/mol. The van der Waals surface area contributed by atoms with Crippen molar-refractivity contribution in [2.45, 2.75) is 11.1 Å². The molecule has 0 saturated heterocycles. The number of aromatic nitrogens is 2. The molecule has 0 aliphatic rings. The molecule has 1 heterocycles. The number of hydrogen-bond acceptors (Lipinski definition) is 4. The number of rotatable bonds is 3. The third kappa shape index (κ3) is 3.85. The largest absolute Gasteiger partial charge is 0.449 e. The average molecular weight is 391 g/mol. The maximum absolute atomic E-state index is 13.2. The van der Waals surface area contributed by atoms with Crippen LogP contribution in [0, 0.1) is 11.3 Å². The van der Waals surface area contributed by atoms with Gasteiger partial charge in [0, 0.05) is 17.4 Å². The van der Waals surface area contributed by atoms with Gasteiger partial charge in [0.1, 0.15) is 0 Å². The van der Waals surface area contributed by atoms with Gasteiger partial charge in [-0.3, -0.25) is 0 Å². The predicted molar refractivity (Wildman–Crippen MR) is 92.3 cm³/mol. The van der Waals surface area contributed by atoms with Gasteiger partial charge >= 0.3 is 6.18 Å². The molecule has 1 aromatic heterocycles. The van der Waals surface area contributed by atoms with Gasteiger partial charge in [-0.1, -0.05) is 24.3 Å². The van der Waals surface area contributed by atoms with Gasteiger partial charge in [-0.25, -0.2) is 13.4 Å². The van der Waals surface area contributed by atoms with E-state index in [1.54, 1.807) is 12.1 Å². The van der Waals surface area contributed by atoms with E-state index in [4.69, 9.17) is 5.26 Å². The molecule has 9 heteroatoms. The van der Waals surface area contributed by atoms with Gasteiger partial charge in [-0.05, 0) is 24.3 Å². The van der Waals surface area contributed by atoms with Gasteiger partial charge in [0.05, 0.1) is 27.9 Å². The van der Waals surface area contributed by atoms with Crippen molar-refractivity contribution in [1.82, 2.24) is 9.97 Å². The fourth-order valence-corrected chi connectivity index (χ4v) is 3.16. The fraction of sp³-hybridized carbons (Fsp3) is 0.111. The molecule has 0 spiro atoms. The van der Waals surface area contributed by atoms with Gasteiger partial charge in [-0.15, -0.1) is 0 Å². The molecular formula is C18H12F3N3O2S. The Kier molecular flexibility index (Phi) is 4.53. The Balaban J connectivity index is 2.19. The number of imidazole rings is 1. The number of aromatic amines is 1. The topological polar surface area (TPSA) is 86.6 Å². The zero-order chi connectivity index (χ0) is 19.8. The molecule has 0 aliphatic heterocycles. The number of nitrogens with zero attached hydrogens (tertiary/aromatic N) is 2. The van der Waals surface area contributed by atoms with Crippen LogP contribution in [-0.4, -0.2) is 24.6 Å². The summed E-state index contributed by atoms with van der Waals surface area (Å²) in [6.07, 6.45) is -3.65. The number of halogens is 3. The smallest absolute Gasteiger partial charge is 0.334 e.